The first-order chi connectivity index (χ1) is 4.35. The van der Waals surface area contributed by atoms with Crippen LogP contribution in [0, 0.1) is 0 Å². The Morgan fingerprint density at radius 3 is 2.67 bits per heavy atom. The number of allylic oxidation sites excluding steroid dienone is 2. The van der Waals surface area contributed by atoms with Crippen LogP contribution >= 0.6 is 0 Å². The molecule has 0 aromatic rings. The van der Waals surface area contributed by atoms with Gasteiger partial charge in [0.2, 0.25) is 0 Å². The van der Waals surface area contributed by atoms with Gasteiger partial charge in [-0.1, -0.05) is 37.6 Å². The quantitative estimate of drug-likeness (QED) is 0.570. The SMILES string of the molecule is C=C/C(=C/CO)CCC. The number of hydrogen-bond donors (Lipinski definition) is 1. The number of rotatable bonds is 4. The van der Waals surface area contributed by atoms with Gasteiger partial charge in [-0.25, -0.2) is 0 Å². The van der Waals surface area contributed by atoms with Gasteiger partial charge in [0.1, 0.15) is 0 Å². The highest BCUT2D eigenvalue weighted by molar-refractivity contribution is 5.15. The molecular weight excluding hydrogens is 112 g/mol. The van der Waals surface area contributed by atoms with Crippen molar-refractivity contribution in [2.75, 3.05) is 6.61 Å². The molecule has 0 spiro atoms. The van der Waals surface area contributed by atoms with E-state index in [1.54, 1.807) is 12.2 Å². The molecule has 0 unspecified atom stereocenters. The zero-order chi connectivity index (χ0) is 7.11. The van der Waals surface area contributed by atoms with Crippen molar-refractivity contribution in [1.82, 2.24) is 0 Å². The molecule has 0 aliphatic heterocycles. The molecule has 52 valence electrons. The molecule has 1 N–H and O–H groups in total. The molecule has 0 radical (unpaired) electrons. The highest BCUT2D eigenvalue weighted by Gasteiger charge is 1.85. The second-order valence-corrected chi connectivity index (χ2v) is 1.92. The van der Waals surface area contributed by atoms with Crippen LogP contribution < -0.4 is 0 Å². The maximum atomic E-state index is 8.47. The average molecular weight is 126 g/mol. The van der Waals surface area contributed by atoms with Gasteiger partial charge in [-0.05, 0) is 6.42 Å². The van der Waals surface area contributed by atoms with Gasteiger partial charge in [0.25, 0.3) is 0 Å². The van der Waals surface area contributed by atoms with Gasteiger partial charge in [0, 0.05) is 0 Å². The van der Waals surface area contributed by atoms with Crippen molar-refractivity contribution in [2.24, 2.45) is 0 Å². The van der Waals surface area contributed by atoms with Gasteiger partial charge in [-0.15, -0.1) is 0 Å². The van der Waals surface area contributed by atoms with Crippen molar-refractivity contribution in [3.63, 3.8) is 0 Å². The van der Waals surface area contributed by atoms with Gasteiger partial charge >= 0.3 is 0 Å². The van der Waals surface area contributed by atoms with E-state index < -0.39 is 0 Å². The molecule has 0 aromatic heterocycles. The summed E-state index contributed by atoms with van der Waals surface area (Å²) in [7, 11) is 0. The molecule has 9 heavy (non-hydrogen) atoms. The summed E-state index contributed by atoms with van der Waals surface area (Å²) in [4.78, 5) is 0. The monoisotopic (exact) mass is 126 g/mol. The Morgan fingerprint density at radius 1 is 1.67 bits per heavy atom. The van der Waals surface area contributed by atoms with Gasteiger partial charge in [0.15, 0.2) is 0 Å². The maximum Gasteiger partial charge on any atom is 0.0618 e. The lowest BCUT2D eigenvalue weighted by Gasteiger charge is -1.95. The van der Waals surface area contributed by atoms with Crippen LogP contribution in [0.15, 0.2) is 24.3 Å². The van der Waals surface area contributed by atoms with E-state index in [-0.39, 0.29) is 6.61 Å². The van der Waals surface area contributed by atoms with Crippen LogP contribution in [0.5, 0.6) is 0 Å². The van der Waals surface area contributed by atoms with Gasteiger partial charge < -0.3 is 5.11 Å². The molecule has 0 amide bonds. The lowest BCUT2D eigenvalue weighted by molar-refractivity contribution is 0.341. The van der Waals surface area contributed by atoms with Crippen molar-refractivity contribution in [3.8, 4) is 0 Å². The lowest BCUT2D eigenvalue weighted by atomic mass is 10.1. The fourth-order valence-corrected chi connectivity index (χ4v) is 0.693. The molecule has 0 aromatic carbocycles. The van der Waals surface area contributed by atoms with Crippen molar-refractivity contribution >= 4 is 0 Å². The predicted octanol–water partition coefficient (Wildman–Crippen LogP) is 1.89. The van der Waals surface area contributed by atoms with Crippen LogP contribution in [0.1, 0.15) is 19.8 Å². The topological polar surface area (TPSA) is 20.2 Å². The first kappa shape index (κ1) is 8.44. The molecule has 1 nitrogen and oxygen atoms in total. The Bertz CT molecular complexity index is 103. The van der Waals surface area contributed by atoms with Crippen LogP contribution in [-0.2, 0) is 0 Å². The summed E-state index contributed by atoms with van der Waals surface area (Å²) in [5.41, 5.74) is 1.14. The Hall–Kier alpha value is -0.560. The van der Waals surface area contributed by atoms with Crippen molar-refractivity contribution in [1.29, 1.82) is 0 Å². The molecule has 0 saturated heterocycles. The minimum atomic E-state index is 0.126. The summed E-state index contributed by atoms with van der Waals surface area (Å²) in [6.07, 6.45) is 5.71. The van der Waals surface area contributed by atoms with Crippen molar-refractivity contribution in [3.05, 3.63) is 24.3 Å². The second kappa shape index (κ2) is 5.57. The molecule has 0 saturated carbocycles. The normalized spacial score (nSPS) is 11.6. The summed E-state index contributed by atoms with van der Waals surface area (Å²) in [5.74, 6) is 0. The van der Waals surface area contributed by atoms with E-state index >= 15 is 0 Å². The fourth-order valence-electron chi connectivity index (χ4n) is 0.693. The third-order valence-electron chi connectivity index (χ3n) is 1.15. The summed E-state index contributed by atoms with van der Waals surface area (Å²) < 4.78 is 0. The Kier molecular flexibility index (Phi) is 5.23. The predicted molar refractivity (Wildman–Crippen MR) is 40.3 cm³/mol. The molecule has 0 heterocycles. The summed E-state index contributed by atoms with van der Waals surface area (Å²) >= 11 is 0. The molecule has 0 fully saturated rings. The van der Waals surface area contributed by atoms with E-state index in [0.717, 1.165) is 18.4 Å². The highest BCUT2D eigenvalue weighted by atomic mass is 16.2. The largest absolute Gasteiger partial charge is 0.392 e. The van der Waals surface area contributed by atoms with E-state index in [9.17, 15) is 0 Å². The van der Waals surface area contributed by atoms with Crippen molar-refractivity contribution < 1.29 is 5.11 Å². The fraction of sp³-hybridized carbons (Fsp3) is 0.500. The Morgan fingerprint density at radius 2 is 2.33 bits per heavy atom. The van der Waals surface area contributed by atoms with Crippen LogP contribution in [0.25, 0.3) is 0 Å². The summed E-state index contributed by atoms with van der Waals surface area (Å²) in [5, 5.41) is 8.47. The molecule has 1 heteroatoms. The van der Waals surface area contributed by atoms with E-state index in [1.165, 1.54) is 0 Å². The van der Waals surface area contributed by atoms with Gasteiger partial charge in [-0.3, -0.25) is 0 Å². The third-order valence-corrected chi connectivity index (χ3v) is 1.15. The first-order valence-electron chi connectivity index (χ1n) is 3.27. The minimum Gasteiger partial charge on any atom is -0.392 e. The van der Waals surface area contributed by atoms with Crippen LogP contribution in [0.4, 0.5) is 0 Å². The molecule has 0 aliphatic rings. The smallest absolute Gasteiger partial charge is 0.0618 e. The maximum absolute atomic E-state index is 8.47. The zero-order valence-corrected chi connectivity index (χ0v) is 5.93. The molecule has 0 rings (SSSR count). The summed E-state index contributed by atoms with van der Waals surface area (Å²) in [6.45, 7) is 5.85. The molecule has 0 bridgehead atoms. The van der Waals surface area contributed by atoms with Crippen LogP contribution in [-0.4, -0.2) is 11.7 Å². The van der Waals surface area contributed by atoms with E-state index in [1.807, 2.05) is 0 Å². The first-order valence-corrected chi connectivity index (χ1v) is 3.27. The number of aliphatic hydroxyl groups is 1. The standard InChI is InChI=1S/C8H14O/c1-3-5-8(4-2)6-7-9/h4,6,9H,2-3,5,7H2,1H3/b8-6-. The lowest BCUT2D eigenvalue weighted by Crippen LogP contribution is -1.80. The Balaban J connectivity index is 3.66. The Labute approximate surface area is 56.7 Å². The zero-order valence-electron chi connectivity index (χ0n) is 5.93. The van der Waals surface area contributed by atoms with E-state index in [4.69, 9.17) is 5.11 Å². The van der Waals surface area contributed by atoms with E-state index in [2.05, 4.69) is 13.5 Å². The summed E-state index contributed by atoms with van der Waals surface area (Å²) in [6, 6.07) is 0. The third kappa shape index (κ3) is 3.98. The number of aliphatic hydroxyl groups excluding tert-OH is 1. The van der Waals surface area contributed by atoms with Crippen LogP contribution in [0.3, 0.4) is 0 Å². The van der Waals surface area contributed by atoms with Crippen LogP contribution in [0.2, 0.25) is 0 Å². The van der Waals surface area contributed by atoms with E-state index in [0.29, 0.717) is 0 Å². The number of hydrogen-bond acceptors (Lipinski definition) is 1. The molecular formula is C8H14O. The average Bonchev–Trinajstić information content (AvgIpc) is 1.88. The molecule has 0 aliphatic carbocycles. The van der Waals surface area contributed by atoms with Gasteiger partial charge in [0.05, 0.1) is 6.61 Å². The second-order valence-electron chi connectivity index (χ2n) is 1.92. The van der Waals surface area contributed by atoms with Gasteiger partial charge in [-0.2, -0.15) is 0 Å². The minimum absolute atomic E-state index is 0.126. The molecule has 0 atom stereocenters. The van der Waals surface area contributed by atoms with Crippen molar-refractivity contribution in [2.45, 2.75) is 19.8 Å². The highest BCUT2D eigenvalue weighted by Crippen LogP contribution is 2.03.